The summed E-state index contributed by atoms with van der Waals surface area (Å²) in [6.07, 6.45) is 16.2. The van der Waals surface area contributed by atoms with Crippen LogP contribution in [0.2, 0.25) is 0 Å². The van der Waals surface area contributed by atoms with E-state index in [2.05, 4.69) is 119 Å². The number of aryl methyl sites for hydroxylation is 3. The Morgan fingerprint density at radius 1 is 0.333 bits per heavy atom. The van der Waals surface area contributed by atoms with Crippen LogP contribution < -0.4 is 0 Å². The zero-order chi connectivity index (χ0) is 42.1. The first kappa shape index (κ1) is 46.0. The Bertz CT molecular complexity index is 1680. The second kappa shape index (κ2) is 19.8. The van der Waals surface area contributed by atoms with E-state index in [9.17, 15) is 15.3 Å². The van der Waals surface area contributed by atoms with Crippen LogP contribution in [-0.2, 0) is 74.0 Å². The fourth-order valence-electron chi connectivity index (χ4n) is 9.08. The molecule has 0 amide bonds. The van der Waals surface area contributed by atoms with Gasteiger partial charge in [-0.05, 0) is 178 Å². The minimum absolute atomic E-state index is 0.107. The molecule has 4 rings (SSSR count). The second-order valence-electron chi connectivity index (χ2n) is 20.0. The summed E-state index contributed by atoms with van der Waals surface area (Å²) in [7, 11) is 0. The molecule has 4 aromatic carbocycles. The fourth-order valence-corrected chi connectivity index (χ4v) is 9.08. The van der Waals surface area contributed by atoms with E-state index in [4.69, 9.17) is 0 Å². The molecule has 0 heterocycles. The van der Waals surface area contributed by atoms with Crippen molar-refractivity contribution in [1.29, 1.82) is 0 Å². The molecule has 0 fully saturated rings. The predicted molar refractivity (Wildman–Crippen MR) is 245 cm³/mol. The third kappa shape index (κ3) is 12.2. The van der Waals surface area contributed by atoms with Crippen LogP contribution in [0.4, 0.5) is 0 Å². The van der Waals surface area contributed by atoms with Gasteiger partial charge in [0.05, 0.1) is 0 Å². The maximum absolute atomic E-state index is 10.7. The van der Waals surface area contributed by atoms with Gasteiger partial charge in [0, 0.05) is 0 Å². The lowest BCUT2D eigenvalue weighted by Gasteiger charge is -2.28. The molecular formula is C54H78O3. The summed E-state index contributed by atoms with van der Waals surface area (Å²) in [5.41, 5.74) is 16.4. The van der Waals surface area contributed by atoms with Gasteiger partial charge in [0.2, 0.25) is 0 Å². The van der Waals surface area contributed by atoms with E-state index < -0.39 is 0 Å². The molecule has 3 N–H and O–H groups in total. The van der Waals surface area contributed by atoms with Gasteiger partial charge < -0.3 is 15.3 Å². The average molecular weight is 775 g/mol. The van der Waals surface area contributed by atoms with Crippen molar-refractivity contribution in [3.8, 4) is 17.2 Å². The van der Waals surface area contributed by atoms with Crippen LogP contribution in [0.3, 0.4) is 0 Å². The van der Waals surface area contributed by atoms with E-state index in [1.54, 1.807) is 33.4 Å². The van der Waals surface area contributed by atoms with E-state index in [-0.39, 0.29) is 16.2 Å². The molecule has 0 spiro atoms. The van der Waals surface area contributed by atoms with Crippen LogP contribution in [0.15, 0.2) is 54.6 Å². The third-order valence-corrected chi connectivity index (χ3v) is 12.0. The maximum atomic E-state index is 10.7. The molecule has 0 radical (unpaired) electrons. The smallest absolute Gasteiger partial charge is 0.119 e. The van der Waals surface area contributed by atoms with E-state index in [1.165, 1.54) is 16.7 Å². The van der Waals surface area contributed by atoms with Crippen LogP contribution in [0, 0.1) is 0 Å². The highest BCUT2D eigenvalue weighted by atomic mass is 16.3. The molecule has 0 saturated heterocycles. The Kier molecular flexibility index (Phi) is 16.0. The molecule has 3 heteroatoms. The van der Waals surface area contributed by atoms with Crippen molar-refractivity contribution in [2.24, 2.45) is 0 Å². The Morgan fingerprint density at radius 3 is 0.772 bits per heavy atom. The summed E-state index contributed by atoms with van der Waals surface area (Å²) in [5.74, 6) is 1.18. The van der Waals surface area contributed by atoms with E-state index in [0.717, 1.165) is 113 Å². The summed E-state index contributed by atoms with van der Waals surface area (Å²) < 4.78 is 0. The van der Waals surface area contributed by atoms with Gasteiger partial charge in [-0.25, -0.2) is 0 Å². The van der Waals surface area contributed by atoms with Crippen molar-refractivity contribution in [2.45, 2.75) is 196 Å². The highest BCUT2D eigenvalue weighted by molar-refractivity contribution is 5.54. The Balaban J connectivity index is 1.78. The quantitative estimate of drug-likeness (QED) is 0.0943. The molecule has 0 aliphatic rings. The van der Waals surface area contributed by atoms with Gasteiger partial charge in [-0.2, -0.15) is 0 Å². The molecule has 0 atom stereocenters. The van der Waals surface area contributed by atoms with Gasteiger partial charge in [-0.3, -0.25) is 0 Å². The molecule has 312 valence electrons. The van der Waals surface area contributed by atoms with Gasteiger partial charge in [0.25, 0.3) is 0 Å². The summed E-state index contributed by atoms with van der Waals surface area (Å²) in [5, 5.41) is 32.0. The second-order valence-corrected chi connectivity index (χ2v) is 20.0. The largest absolute Gasteiger partial charge is 0.508 e. The van der Waals surface area contributed by atoms with Crippen molar-refractivity contribution >= 4 is 0 Å². The lowest BCUT2D eigenvalue weighted by atomic mass is 9.77. The van der Waals surface area contributed by atoms with Crippen molar-refractivity contribution in [1.82, 2.24) is 0 Å². The number of benzene rings is 4. The number of hydrogen-bond donors (Lipinski definition) is 3. The zero-order valence-electron chi connectivity index (χ0n) is 38.1. The highest BCUT2D eigenvalue weighted by Gasteiger charge is 2.24. The number of phenolic OH excluding ortho intramolecular Hbond substituents is 3. The van der Waals surface area contributed by atoms with Crippen molar-refractivity contribution in [3.63, 3.8) is 0 Å². The third-order valence-electron chi connectivity index (χ3n) is 12.0. The van der Waals surface area contributed by atoms with E-state index in [0.29, 0.717) is 17.2 Å². The van der Waals surface area contributed by atoms with E-state index >= 15 is 0 Å². The summed E-state index contributed by atoms with van der Waals surface area (Å²) in [6.45, 7) is 26.6. The first-order valence-corrected chi connectivity index (χ1v) is 22.4. The molecule has 4 aromatic rings. The molecule has 0 aliphatic carbocycles. The van der Waals surface area contributed by atoms with Crippen LogP contribution in [0.5, 0.6) is 17.2 Å². The van der Waals surface area contributed by atoms with Crippen LogP contribution in [0.25, 0.3) is 0 Å². The monoisotopic (exact) mass is 775 g/mol. The van der Waals surface area contributed by atoms with Crippen LogP contribution >= 0.6 is 0 Å². The minimum atomic E-state index is -0.107. The van der Waals surface area contributed by atoms with Crippen LogP contribution in [-0.4, -0.2) is 15.3 Å². The lowest BCUT2D eigenvalue weighted by molar-refractivity contribution is 0.445. The van der Waals surface area contributed by atoms with Gasteiger partial charge in [-0.1, -0.05) is 139 Å². The average Bonchev–Trinajstić information content (AvgIpc) is 3.12. The molecular weight excluding hydrogens is 697 g/mol. The van der Waals surface area contributed by atoms with Gasteiger partial charge in [0.15, 0.2) is 0 Å². The maximum Gasteiger partial charge on any atom is 0.119 e. The normalized spacial score (nSPS) is 12.4. The Morgan fingerprint density at radius 2 is 0.561 bits per heavy atom. The lowest BCUT2D eigenvalue weighted by Crippen LogP contribution is -2.16. The highest BCUT2D eigenvalue weighted by Crippen LogP contribution is 2.38. The first-order chi connectivity index (χ1) is 26.8. The van der Waals surface area contributed by atoms with Crippen molar-refractivity contribution in [3.05, 3.63) is 121 Å². The van der Waals surface area contributed by atoms with Crippen molar-refractivity contribution < 1.29 is 15.3 Å². The van der Waals surface area contributed by atoms with Crippen LogP contribution in [0.1, 0.15) is 188 Å². The number of hydrogen-bond acceptors (Lipinski definition) is 3. The number of phenols is 3. The zero-order valence-corrected chi connectivity index (χ0v) is 38.1. The summed E-state index contributed by atoms with van der Waals surface area (Å²) in [6, 6.07) is 18.8. The molecule has 0 aromatic heterocycles. The predicted octanol–water partition coefficient (Wildman–Crippen LogP) is 14.1. The molecule has 0 saturated carbocycles. The Labute approximate surface area is 348 Å². The molecule has 0 aliphatic heterocycles. The standard InChI is InChI=1S/C54H78O3/c1-13-19-40-43(25-16-22-37-28-31-49(55)46(34-37)52(4,5)6)41(20-14-2)45(27-18-24-39-30-33-51(57)48(36-39)54(10,11)12)42(21-15-3)44(40)26-17-23-38-29-32-50(56)47(35-38)53(7,8)9/h28-36,55-57H,13-27H2,1-12H3. The van der Waals surface area contributed by atoms with Gasteiger partial charge in [0.1, 0.15) is 17.2 Å². The number of aromatic hydroxyl groups is 3. The Hall–Kier alpha value is -3.72. The van der Waals surface area contributed by atoms with E-state index in [1.807, 2.05) is 18.2 Å². The SMILES string of the molecule is CCCc1c(CCCc2ccc(O)c(C(C)(C)C)c2)c(CCC)c(CCCc2ccc(O)c(C(C)(C)C)c2)c(CCC)c1CCCc1ccc(O)c(C(C)(C)C)c1. The minimum Gasteiger partial charge on any atom is -0.508 e. The molecule has 57 heavy (non-hydrogen) atoms. The topological polar surface area (TPSA) is 60.7 Å². The molecule has 0 unspecified atom stereocenters. The summed E-state index contributed by atoms with van der Waals surface area (Å²) >= 11 is 0. The van der Waals surface area contributed by atoms with Gasteiger partial charge in [-0.15, -0.1) is 0 Å². The first-order valence-electron chi connectivity index (χ1n) is 22.4. The molecule has 3 nitrogen and oxygen atoms in total. The summed E-state index contributed by atoms with van der Waals surface area (Å²) in [4.78, 5) is 0. The fraction of sp³-hybridized carbons (Fsp3) is 0.556. The van der Waals surface area contributed by atoms with Gasteiger partial charge >= 0.3 is 0 Å². The molecule has 0 bridgehead atoms. The number of rotatable bonds is 18. The van der Waals surface area contributed by atoms with Crippen molar-refractivity contribution in [2.75, 3.05) is 0 Å².